The van der Waals surface area contributed by atoms with Gasteiger partial charge in [0.25, 0.3) is 0 Å². The van der Waals surface area contributed by atoms with Gasteiger partial charge in [0.05, 0.1) is 12.2 Å². The van der Waals surface area contributed by atoms with Gasteiger partial charge in [-0.1, -0.05) is 6.07 Å². The van der Waals surface area contributed by atoms with E-state index in [1.54, 1.807) is 18.2 Å². The van der Waals surface area contributed by atoms with E-state index in [0.29, 0.717) is 22.9 Å². The maximum Gasteiger partial charge on any atom is 0.345 e. The second-order valence-corrected chi connectivity index (χ2v) is 7.16. The molecule has 0 bridgehead atoms. The molecule has 0 unspecified atom stereocenters. The molecule has 8 nitrogen and oxygen atoms in total. The van der Waals surface area contributed by atoms with Crippen molar-refractivity contribution >= 4 is 34.3 Å². The molecule has 0 radical (unpaired) electrons. The second-order valence-electron chi connectivity index (χ2n) is 6.21. The predicted octanol–water partition coefficient (Wildman–Crippen LogP) is 0.576. The highest BCUT2D eigenvalue weighted by Crippen LogP contribution is 2.26. The van der Waals surface area contributed by atoms with Crippen LogP contribution in [0.25, 0.3) is 21.4 Å². The lowest BCUT2D eigenvalue weighted by Crippen LogP contribution is -2.49. The van der Waals surface area contributed by atoms with Gasteiger partial charge in [0.2, 0.25) is 0 Å². The van der Waals surface area contributed by atoms with Crippen LogP contribution in [0, 0.1) is 0 Å². The van der Waals surface area contributed by atoms with E-state index in [1.807, 2.05) is 17.5 Å². The minimum absolute atomic E-state index is 0.283. The number of carbonyl (C=O) groups is 1. The predicted molar refractivity (Wildman–Crippen MR) is 104 cm³/mol. The lowest BCUT2D eigenvalue weighted by atomic mass is 10.0. The zero-order valence-electron chi connectivity index (χ0n) is 14.6. The number of fused-ring (bicyclic) bond motifs is 1. The third kappa shape index (κ3) is 4.13. The summed E-state index contributed by atoms with van der Waals surface area (Å²) < 4.78 is 5.37. The van der Waals surface area contributed by atoms with Gasteiger partial charge in [0.1, 0.15) is 36.2 Å². The van der Waals surface area contributed by atoms with E-state index in [2.05, 4.69) is 5.32 Å². The number of aldehydes is 1. The van der Waals surface area contributed by atoms with Crippen LogP contribution in [0.4, 0.5) is 5.69 Å². The Morgan fingerprint density at radius 2 is 1.93 bits per heavy atom. The molecule has 2 aromatic heterocycles. The van der Waals surface area contributed by atoms with Crippen LogP contribution in [-0.4, -0.2) is 57.7 Å². The fourth-order valence-electron chi connectivity index (χ4n) is 2.74. The van der Waals surface area contributed by atoms with Crippen LogP contribution in [0.1, 0.15) is 0 Å². The Bertz CT molecular complexity index is 1000. The molecule has 28 heavy (non-hydrogen) atoms. The molecule has 0 amide bonds. The highest BCUT2D eigenvalue weighted by Gasteiger charge is 2.31. The third-order valence-corrected chi connectivity index (χ3v) is 5.20. The topological polar surface area (TPSA) is 140 Å². The number of carbonyl (C=O) groups excluding carboxylic acids is 1. The zero-order valence-corrected chi connectivity index (χ0v) is 15.4. The summed E-state index contributed by atoms with van der Waals surface area (Å²) in [5, 5.41) is 43.4. The van der Waals surface area contributed by atoms with Crippen molar-refractivity contribution in [1.29, 1.82) is 0 Å². The molecule has 0 saturated heterocycles. The number of thiophene rings is 1. The first-order valence-corrected chi connectivity index (χ1v) is 9.31. The first kappa shape index (κ1) is 20.2. The monoisotopic (exact) mass is 405 g/mol. The van der Waals surface area contributed by atoms with Crippen molar-refractivity contribution < 1.29 is 29.6 Å². The van der Waals surface area contributed by atoms with Crippen LogP contribution in [-0.2, 0) is 4.79 Å². The Balaban J connectivity index is 1.86. The first-order valence-electron chi connectivity index (χ1n) is 8.43. The molecular weight excluding hydrogens is 386 g/mol. The lowest BCUT2D eigenvalue weighted by Gasteiger charge is -2.26. The van der Waals surface area contributed by atoms with Gasteiger partial charge in [-0.3, -0.25) is 0 Å². The van der Waals surface area contributed by atoms with Gasteiger partial charge in [-0.15, -0.1) is 11.3 Å². The summed E-state index contributed by atoms with van der Waals surface area (Å²) in [6.07, 6.45) is -4.61. The SMILES string of the molecule is O=C[C@@H](Nc1ccc2cc(-c3cccs3)c(=O)oc2c1)[C@H](O)[C@@H](O)[C@@H](O)CO. The summed E-state index contributed by atoms with van der Waals surface area (Å²) in [6, 6.07) is 8.91. The number of benzene rings is 1. The van der Waals surface area contributed by atoms with Crippen LogP contribution in [0.15, 0.2) is 51.0 Å². The number of nitrogens with one attached hydrogen (secondary N) is 1. The lowest BCUT2D eigenvalue weighted by molar-refractivity contribution is -0.117. The molecule has 3 rings (SSSR count). The molecule has 9 heteroatoms. The number of hydrogen-bond acceptors (Lipinski definition) is 9. The standard InChI is InChI=1S/C19H19NO7S/c21-8-13(17(24)18(25)14(23)9-22)20-11-4-3-10-6-12(16-2-1-5-28-16)19(26)27-15(10)7-11/h1-8,13-14,17-18,20,22-25H,9H2/t13-,14+,17+,18+/m1/s1. The summed E-state index contributed by atoms with van der Waals surface area (Å²) in [6.45, 7) is -0.766. The highest BCUT2D eigenvalue weighted by atomic mass is 32.1. The average molecular weight is 405 g/mol. The normalized spacial score (nSPS) is 15.7. The van der Waals surface area contributed by atoms with E-state index in [-0.39, 0.29) is 5.58 Å². The van der Waals surface area contributed by atoms with E-state index in [0.717, 1.165) is 4.88 Å². The van der Waals surface area contributed by atoms with Crippen LogP contribution in [0.2, 0.25) is 0 Å². The zero-order chi connectivity index (χ0) is 20.3. The van der Waals surface area contributed by atoms with Crippen LogP contribution < -0.4 is 10.9 Å². The average Bonchev–Trinajstić information content (AvgIpc) is 3.24. The van der Waals surface area contributed by atoms with Gasteiger partial charge in [0.15, 0.2) is 0 Å². The molecule has 3 aromatic rings. The summed E-state index contributed by atoms with van der Waals surface area (Å²) >= 11 is 1.42. The molecule has 0 aliphatic heterocycles. The maximum absolute atomic E-state index is 12.3. The number of rotatable bonds is 8. The summed E-state index contributed by atoms with van der Waals surface area (Å²) in [4.78, 5) is 24.4. The number of hydrogen-bond donors (Lipinski definition) is 5. The summed E-state index contributed by atoms with van der Waals surface area (Å²) in [5.74, 6) is 0. The smallest absolute Gasteiger partial charge is 0.345 e. The van der Waals surface area contributed by atoms with E-state index >= 15 is 0 Å². The van der Waals surface area contributed by atoms with E-state index < -0.39 is 36.6 Å². The number of aliphatic hydroxyl groups excluding tert-OH is 4. The number of aliphatic hydroxyl groups is 4. The Hall–Kier alpha value is -2.56. The van der Waals surface area contributed by atoms with Gasteiger partial charge in [-0.25, -0.2) is 4.79 Å². The van der Waals surface area contributed by atoms with Crippen LogP contribution in [0.3, 0.4) is 0 Å². The molecule has 0 saturated carbocycles. The van der Waals surface area contributed by atoms with Crippen molar-refractivity contribution in [1.82, 2.24) is 0 Å². The quantitative estimate of drug-likeness (QED) is 0.271. The Morgan fingerprint density at radius 3 is 2.57 bits per heavy atom. The molecule has 5 N–H and O–H groups in total. The third-order valence-electron chi connectivity index (χ3n) is 4.30. The molecule has 2 heterocycles. The van der Waals surface area contributed by atoms with Gasteiger partial charge < -0.3 is 35.0 Å². The summed E-state index contributed by atoms with van der Waals surface area (Å²) in [5.41, 5.74) is 0.595. The van der Waals surface area contributed by atoms with Gasteiger partial charge in [-0.2, -0.15) is 0 Å². The van der Waals surface area contributed by atoms with Crippen molar-refractivity contribution in [2.45, 2.75) is 24.4 Å². The Kier molecular flexibility index (Phi) is 6.22. The fraction of sp³-hybridized carbons (Fsp3) is 0.263. The van der Waals surface area contributed by atoms with E-state index in [9.17, 15) is 24.9 Å². The molecule has 1 aromatic carbocycles. The van der Waals surface area contributed by atoms with Crippen molar-refractivity contribution in [3.8, 4) is 10.4 Å². The van der Waals surface area contributed by atoms with E-state index in [4.69, 9.17) is 9.52 Å². The number of anilines is 1. The maximum atomic E-state index is 12.3. The minimum Gasteiger partial charge on any atom is -0.422 e. The molecule has 148 valence electrons. The molecule has 0 fully saturated rings. The largest absolute Gasteiger partial charge is 0.422 e. The van der Waals surface area contributed by atoms with Crippen LogP contribution >= 0.6 is 11.3 Å². The molecule has 0 spiro atoms. The van der Waals surface area contributed by atoms with Crippen LogP contribution in [0.5, 0.6) is 0 Å². The van der Waals surface area contributed by atoms with Gasteiger partial charge in [0, 0.05) is 22.0 Å². The van der Waals surface area contributed by atoms with Crippen molar-refractivity contribution in [2.75, 3.05) is 11.9 Å². The van der Waals surface area contributed by atoms with Crippen molar-refractivity contribution in [3.05, 3.63) is 52.2 Å². The Morgan fingerprint density at radius 1 is 1.14 bits per heavy atom. The van der Waals surface area contributed by atoms with Crippen molar-refractivity contribution in [2.24, 2.45) is 0 Å². The van der Waals surface area contributed by atoms with Crippen molar-refractivity contribution in [3.63, 3.8) is 0 Å². The fourth-order valence-corrected chi connectivity index (χ4v) is 3.48. The van der Waals surface area contributed by atoms with Gasteiger partial charge >= 0.3 is 5.63 Å². The Labute approximate surface area is 163 Å². The summed E-state index contributed by atoms with van der Waals surface area (Å²) in [7, 11) is 0. The molecular formula is C19H19NO7S. The molecule has 4 atom stereocenters. The molecule has 0 aliphatic rings. The second kappa shape index (κ2) is 8.63. The minimum atomic E-state index is -1.72. The van der Waals surface area contributed by atoms with Gasteiger partial charge in [-0.05, 0) is 29.6 Å². The highest BCUT2D eigenvalue weighted by molar-refractivity contribution is 7.13. The van der Waals surface area contributed by atoms with E-state index in [1.165, 1.54) is 17.4 Å². The first-order chi connectivity index (χ1) is 13.4. The molecule has 0 aliphatic carbocycles.